The molecule has 1 aromatic carbocycles. The second kappa shape index (κ2) is 7.04. The number of phenolic OH excluding ortho intramolecular Hbond substituents is 1. The molecule has 0 aromatic heterocycles. The van der Waals surface area contributed by atoms with Crippen LogP contribution >= 0.6 is 0 Å². The van der Waals surface area contributed by atoms with Gasteiger partial charge < -0.3 is 19.5 Å². The molecule has 0 saturated carbocycles. The van der Waals surface area contributed by atoms with Gasteiger partial charge in [0.2, 0.25) is 0 Å². The Hall–Kier alpha value is -3.02. The van der Waals surface area contributed by atoms with Gasteiger partial charge in [0.05, 0.1) is 25.4 Å². The number of allylic oxidation sites excluding steroid dienone is 1. The van der Waals surface area contributed by atoms with Crippen LogP contribution in [0.3, 0.4) is 0 Å². The van der Waals surface area contributed by atoms with Crippen molar-refractivity contribution in [2.75, 3.05) is 20.8 Å². The van der Waals surface area contributed by atoms with Crippen LogP contribution in [0, 0.1) is 0 Å². The minimum absolute atomic E-state index is 0.107. The summed E-state index contributed by atoms with van der Waals surface area (Å²) in [6, 6.07) is 4.90. The van der Waals surface area contributed by atoms with Gasteiger partial charge >= 0.3 is 5.97 Å². The zero-order valence-corrected chi connectivity index (χ0v) is 13.8. The van der Waals surface area contributed by atoms with E-state index in [0.29, 0.717) is 11.3 Å². The average molecular weight is 329 g/mol. The topological polar surface area (TPSA) is 76.1 Å². The highest BCUT2D eigenvalue weighted by molar-refractivity contribution is 6.16. The molecule has 0 radical (unpaired) electrons. The Kier molecular flexibility index (Phi) is 5.08. The summed E-state index contributed by atoms with van der Waals surface area (Å²) < 4.78 is 9.85. The van der Waals surface area contributed by atoms with Crippen molar-refractivity contribution in [3.05, 3.63) is 53.3 Å². The van der Waals surface area contributed by atoms with Crippen LogP contribution in [0.4, 0.5) is 0 Å². The van der Waals surface area contributed by atoms with Crippen LogP contribution in [-0.4, -0.2) is 42.6 Å². The molecule has 6 nitrogen and oxygen atoms in total. The number of methoxy groups -OCH3 is 2. The van der Waals surface area contributed by atoms with Crippen molar-refractivity contribution >= 4 is 18.0 Å². The van der Waals surface area contributed by atoms with E-state index in [4.69, 9.17) is 9.47 Å². The third-order valence-electron chi connectivity index (χ3n) is 3.76. The van der Waals surface area contributed by atoms with Crippen molar-refractivity contribution in [1.29, 1.82) is 0 Å². The molecule has 1 aliphatic rings. The third-order valence-corrected chi connectivity index (χ3v) is 3.76. The Morgan fingerprint density at radius 2 is 2.08 bits per heavy atom. The Morgan fingerprint density at radius 1 is 1.38 bits per heavy atom. The van der Waals surface area contributed by atoms with Gasteiger partial charge in [0.25, 0.3) is 5.91 Å². The fourth-order valence-electron chi connectivity index (χ4n) is 2.55. The standard InChI is InChI=1S/C18H19NO5/c1-5-9-19-11(2)15(18(22)24-4)13(17(19)21)10-12-7-6-8-14(23-3)16(12)20/h5-8,10,20H,1,9H2,2-4H3/b13-10-. The molecule has 24 heavy (non-hydrogen) atoms. The molecule has 0 atom stereocenters. The minimum atomic E-state index is -0.610. The maximum atomic E-state index is 12.7. The monoisotopic (exact) mass is 329 g/mol. The first-order chi connectivity index (χ1) is 11.5. The van der Waals surface area contributed by atoms with E-state index in [1.54, 1.807) is 31.2 Å². The molecular weight excluding hydrogens is 310 g/mol. The molecule has 0 aliphatic carbocycles. The van der Waals surface area contributed by atoms with Crippen molar-refractivity contribution in [3.63, 3.8) is 0 Å². The molecule has 0 fully saturated rings. The summed E-state index contributed by atoms with van der Waals surface area (Å²) in [6.45, 7) is 5.56. The normalized spacial score (nSPS) is 15.9. The maximum Gasteiger partial charge on any atom is 0.340 e. The SMILES string of the molecule is C=CCN1C(=O)/C(=C\c2cccc(OC)c2O)C(C(=O)OC)=C1C. The van der Waals surface area contributed by atoms with Gasteiger partial charge in [-0.25, -0.2) is 4.79 Å². The lowest BCUT2D eigenvalue weighted by molar-refractivity contribution is -0.136. The Morgan fingerprint density at radius 3 is 2.67 bits per heavy atom. The molecule has 0 bridgehead atoms. The summed E-state index contributed by atoms with van der Waals surface area (Å²) in [5.74, 6) is -0.793. The van der Waals surface area contributed by atoms with Crippen molar-refractivity contribution in [3.8, 4) is 11.5 Å². The molecule has 126 valence electrons. The number of ether oxygens (including phenoxy) is 2. The molecule has 2 rings (SSSR count). The smallest absolute Gasteiger partial charge is 0.340 e. The quantitative estimate of drug-likeness (QED) is 0.509. The zero-order chi connectivity index (χ0) is 17.9. The van der Waals surface area contributed by atoms with Gasteiger partial charge in [-0.2, -0.15) is 0 Å². The van der Waals surface area contributed by atoms with Crippen LogP contribution in [-0.2, 0) is 14.3 Å². The van der Waals surface area contributed by atoms with Crippen LogP contribution in [0.2, 0.25) is 0 Å². The number of aromatic hydroxyl groups is 1. The number of carbonyl (C=O) groups is 2. The number of nitrogens with zero attached hydrogens (tertiary/aromatic N) is 1. The van der Waals surface area contributed by atoms with Crippen LogP contribution in [0.25, 0.3) is 6.08 Å². The second-order valence-corrected chi connectivity index (χ2v) is 5.11. The number of hydrogen-bond acceptors (Lipinski definition) is 5. The largest absolute Gasteiger partial charge is 0.504 e. The molecule has 1 amide bonds. The van der Waals surface area contributed by atoms with Gasteiger partial charge in [-0.15, -0.1) is 6.58 Å². The first kappa shape index (κ1) is 17.3. The van der Waals surface area contributed by atoms with Crippen LogP contribution < -0.4 is 4.74 Å². The molecule has 6 heteroatoms. The molecule has 1 heterocycles. The van der Waals surface area contributed by atoms with E-state index in [0.717, 1.165) is 0 Å². The summed E-state index contributed by atoms with van der Waals surface area (Å²) in [5, 5.41) is 10.2. The molecule has 0 saturated heterocycles. The number of carbonyl (C=O) groups excluding carboxylic acids is 2. The summed E-state index contributed by atoms with van der Waals surface area (Å²) >= 11 is 0. The molecular formula is C18H19NO5. The van der Waals surface area contributed by atoms with E-state index in [-0.39, 0.29) is 35.1 Å². The average Bonchev–Trinajstić information content (AvgIpc) is 2.81. The van der Waals surface area contributed by atoms with E-state index < -0.39 is 5.97 Å². The number of para-hydroxylation sites is 1. The summed E-state index contributed by atoms with van der Waals surface area (Å²) in [6.07, 6.45) is 3.03. The van der Waals surface area contributed by atoms with E-state index in [1.165, 1.54) is 25.2 Å². The molecule has 0 spiro atoms. The lowest BCUT2D eigenvalue weighted by Gasteiger charge is -2.14. The number of amides is 1. The maximum absolute atomic E-state index is 12.7. The van der Waals surface area contributed by atoms with Crippen molar-refractivity contribution in [2.45, 2.75) is 6.92 Å². The highest BCUT2D eigenvalue weighted by Crippen LogP contribution is 2.35. The van der Waals surface area contributed by atoms with Crippen molar-refractivity contribution in [2.24, 2.45) is 0 Å². The van der Waals surface area contributed by atoms with Crippen LogP contribution in [0.15, 0.2) is 47.7 Å². The number of benzene rings is 1. The minimum Gasteiger partial charge on any atom is -0.504 e. The van der Waals surface area contributed by atoms with Gasteiger partial charge in [0, 0.05) is 17.8 Å². The number of hydrogen-bond donors (Lipinski definition) is 1. The van der Waals surface area contributed by atoms with E-state index in [9.17, 15) is 14.7 Å². The van der Waals surface area contributed by atoms with Crippen LogP contribution in [0.5, 0.6) is 11.5 Å². The predicted molar refractivity (Wildman–Crippen MR) is 89.3 cm³/mol. The summed E-state index contributed by atoms with van der Waals surface area (Å²) in [7, 11) is 2.69. The first-order valence-electron chi connectivity index (χ1n) is 7.26. The molecule has 0 unspecified atom stereocenters. The van der Waals surface area contributed by atoms with E-state index in [1.807, 2.05) is 0 Å². The lowest BCUT2D eigenvalue weighted by Crippen LogP contribution is -2.24. The van der Waals surface area contributed by atoms with Gasteiger partial charge in [0.15, 0.2) is 11.5 Å². The first-order valence-corrected chi connectivity index (χ1v) is 7.26. The van der Waals surface area contributed by atoms with Crippen molar-refractivity contribution < 1.29 is 24.2 Å². The summed E-state index contributed by atoms with van der Waals surface area (Å²) in [5.41, 5.74) is 1.18. The van der Waals surface area contributed by atoms with E-state index in [2.05, 4.69) is 6.58 Å². The van der Waals surface area contributed by atoms with Gasteiger partial charge in [-0.3, -0.25) is 4.79 Å². The molecule has 1 N–H and O–H groups in total. The highest BCUT2D eigenvalue weighted by atomic mass is 16.5. The molecule has 1 aliphatic heterocycles. The number of esters is 1. The Labute approximate surface area is 140 Å². The number of phenols is 1. The zero-order valence-electron chi connectivity index (χ0n) is 13.8. The predicted octanol–water partition coefficient (Wildman–Crippen LogP) is 2.26. The van der Waals surface area contributed by atoms with Gasteiger partial charge in [0.1, 0.15) is 0 Å². The van der Waals surface area contributed by atoms with Gasteiger partial charge in [-0.05, 0) is 19.1 Å². The summed E-state index contributed by atoms with van der Waals surface area (Å²) in [4.78, 5) is 26.2. The van der Waals surface area contributed by atoms with E-state index >= 15 is 0 Å². The molecule has 1 aromatic rings. The lowest BCUT2D eigenvalue weighted by atomic mass is 10.0. The fourth-order valence-corrected chi connectivity index (χ4v) is 2.55. The third kappa shape index (κ3) is 2.90. The number of rotatable bonds is 5. The fraction of sp³-hybridized carbons (Fsp3) is 0.222. The van der Waals surface area contributed by atoms with Gasteiger partial charge in [-0.1, -0.05) is 18.2 Å². The van der Waals surface area contributed by atoms with Crippen LogP contribution in [0.1, 0.15) is 12.5 Å². The Bertz CT molecular complexity index is 761. The van der Waals surface area contributed by atoms with Crippen molar-refractivity contribution in [1.82, 2.24) is 4.90 Å². The Balaban J connectivity index is 2.60. The second-order valence-electron chi connectivity index (χ2n) is 5.11. The highest BCUT2D eigenvalue weighted by Gasteiger charge is 2.36.